The van der Waals surface area contributed by atoms with Gasteiger partial charge < -0.3 is 4.90 Å². The quantitative estimate of drug-likeness (QED) is 0.797. The highest BCUT2D eigenvalue weighted by Gasteiger charge is 2.17. The van der Waals surface area contributed by atoms with Crippen LogP contribution in [0.3, 0.4) is 0 Å². The van der Waals surface area contributed by atoms with Gasteiger partial charge in [0.15, 0.2) is 5.82 Å². The molecule has 0 bridgehead atoms. The van der Waals surface area contributed by atoms with Gasteiger partial charge in [-0.1, -0.05) is 6.07 Å². The Balaban J connectivity index is 1.70. The second-order valence-electron chi connectivity index (χ2n) is 5.89. The van der Waals surface area contributed by atoms with Crippen LogP contribution in [-0.2, 0) is 0 Å². The van der Waals surface area contributed by atoms with E-state index in [1.165, 1.54) is 17.5 Å². The van der Waals surface area contributed by atoms with Gasteiger partial charge in [0.1, 0.15) is 0 Å². The van der Waals surface area contributed by atoms with Gasteiger partial charge in [-0.2, -0.15) is 0 Å². The minimum Gasteiger partial charge on any atom is -0.341 e. The summed E-state index contributed by atoms with van der Waals surface area (Å²) in [4.78, 5) is 27.7. The summed E-state index contributed by atoms with van der Waals surface area (Å²) in [7, 11) is 0. The number of aromatic nitrogens is 5. The molecule has 0 aromatic carbocycles. The fourth-order valence-electron chi connectivity index (χ4n) is 2.98. The third-order valence-electron chi connectivity index (χ3n) is 4.24. The Kier molecular flexibility index (Phi) is 3.60. The first-order valence-electron chi connectivity index (χ1n) is 8.05. The molecule has 4 rings (SSSR count). The molecule has 4 heterocycles. The molecule has 1 fully saturated rings. The van der Waals surface area contributed by atoms with Gasteiger partial charge >= 0.3 is 0 Å². The number of rotatable bonds is 3. The first-order chi connectivity index (χ1) is 11.7. The van der Waals surface area contributed by atoms with Gasteiger partial charge in [0.25, 0.3) is 5.56 Å². The third kappa shape index (κ3) is 2.58. The van der Waals surface area contributed by atoms with E-state index in [1.54, 1.807) is 24.5 Å². The summed E-state index contributed by atoms with van der Waals surface area (Å²) in [5.74, 6) is 1.32. The van der Waals surface area contributed by atoms with E-state index >= 15 is 0 Å². The van der Waals surface area contributed by atoms with E-state index in [0.29, 0.717) is 11.5 Å². The molecule has 0 spiro atoms. The minimum atomic E-state index is -0.160. The average molecular weight is 322 g/mol. The molecule has 1 saturated heterocycles. The standard InChI is InChI=1S/C17H18N6O/c1-12-13(11-19-17(20-12)22-8-4-5-9-22)14-10-16(24)23(21-14)15-6-2-3-7-18-15/h2-3,6-7,10-11,21H,4-5,8-9H2,1H3. The van der Waals surface area contributed by atoms with Crippen LogP contribution < -0.4 is 10.5 Å². The molecule has 3 aromatic heterocycles. The normalized spacial score (nSPS) is 14.3. The molecule has 1 aliphatic rings. The lowest BCUT2D eigenvalue weighted by atomic mass is 10.2. The number of hydrogen-bond acceptors (Lipinski definition) is 5. The van der Waals surface area contributed by atoms with Crippen LogP contribution in [0.15, 0.2) is 41.5 Å². The van der Waals surface area contributed by atoms with E-state index in [9.17, 15) is 4.79 Å². The number of aryl methyl sites for hydroxylation is 1. The van der Waals surface area contributed by atoms with Crippen molar-refractivity contribution in [3.05, 3.63) is 52.7 Å². The van der Waals surface area contributed by atoms with Crippen molar-refractivity contribution >= 4 is 5.95 Å². The number of H-pyrrole nitrogens is 1. The molecule has 3 aromatic rings. The van der Waals surface area contributed by atoms with E-state index in [2.05, 4.69) is 25.0 Å². The van der Waals surface area contributed by atoms with Crippen LogP contribution in [0.1, 0.15) is 18.5 Å². The molecule has 0 aliphatic carbocycles. The van der Waals surface area contributed by atoms with Crippen molar-refractivity contribution in [1.29, 1.82) is 0 Å². The lowest BCUT2D eigenvalue weighted by Crippen LogP contribution is -2.20. The fourth-order valence-corrected chi connectivity index (χ4v) is 2.98. The van der Waals surface area contributed by atoms with E-state index in [-0.39, 0.29) is 5.56 Å². The van der Waals surface area contributed by atoms with Gasteiger partial charge in [0.2, 0.25) is 5.95 Å². The van der Waals surface area contributed by atoms with Crippen LogP contribution in [0.5, 0.6) is 0 Å². The maximum atomic E-state index is 12.2. The zero-order valence-electron chi connectivity index (χ0n) is 13.4. The second kappa shape index (κ2) is 5.92. The van der Waals surface area contributed by atoms with E-state index in [1.807, 2.05) is 19.1 Å². The van der Waals surface area contributed by atoms with Crippen molar-refractivity contribution in [2.45, 2.75) is 19.8 Å². The fraction of sp³-hybridized carbons (Fsp3) is 0.294. The van der Waals surface area contributed by atoms with E-state index in [0.717, 1.165) is 30.3 Å². The molecule has 1 N–H and O–H groups in total. The van der Waals surface area contributed by atoms with Gasteiger partial charge in [0.05, 0.1) is 11.4 Å². The predicted molar refractivity (Wildman–Crippen MR) is 91.4 cm³/mol. The summed E-state index contributed by atoms with van der Waals surface area (Å²) in [6.45, 7) is 3.95. The van der Waals surface area contributed by atoms with Gasteiger partial charge in [-0.25, -0.2) is 19.6 Å². The number of aromatic amines is 1. The SMILES string of the molecule is Cc1nc(N2CCCC2)ncc1-c1cc(=O)n(-c2ccccn2)[nH]1. The van der Waals surface area contributed by atoms with E-state index < -0.39 is 0 Å². The summed E-state index contributed by atoms with van der Waals surface area (Å²) in [6.07, 6.45) is 5.81. The summed E-state index contributed by atoms with van der Waals surface area (Å²) >= 11 is 0. The Morgan fingerprint density at radius 3 is 2.71 bits per heavy atom. The summed E-state index contributed by atoms with van der Waals surface area (Å²) in [5, 5.41) is 3.09. The molecule has 24 heavy (non-hydrogen) atoms. The molecule has 1 aliphatic heterocycles. The van der Waals surface area contributed by atoms with Crippen LogP contribution in [-0.4, -0.2) is 37.8 Å². The maximum absolute atomic E-state index is 12.2. The van der Waals surface area contributed by atoms with Crippen molar-refractivity contribution in [2.75, 3.05) is 18.0 Å². The highest BCUT2D eigenvalue weighted by molar-refractivity contribution is 5.61. The van der Waals surface area contributed by atoms with Crippen molar-refractivity contribution in [1.82, 2.24) is 24.7 Å². The Hall–Kier alpha value is -2.96. The average Bonchev–Trinajstić information content (AvgIpc) is 3.25. The molecular weight excluding hydrogens is 304 g/mol. The highest BCUT2D eigenvalue weighted by atomic mass is 16.1. The number of hydrogen-bond donors (Lipinski definition) is 1. The molecule has 7 nitrogen and oxygen atoms in total. The molecule has 122 valence electrons. The van der Waals surface area contributed by atoms with Crippen molar-refractivity contribution < 1.29 is 0 Å². The summed E-state index contributed by atoms with van der Waals surface area (Å²) in [5.41, 5.74) is 2.20. The van der Waals surface area contributed by atoms with Gasteiger partial charge in [0, 0.05) is 37.1 Å². The number of nitrogens with zero attached hydrogens (tertiary/aromatic N) is 5. The van der Waals surface area contributed by atoms with Crippen molar-refractivity contribution in [3.63, 3.8) is 0 Å². The Bertz CT molecular complexity index is 908. The first-order valence-corrected chi connectivity index (χ1v) is 8.05. The van der Waals surface area contributed by atoms with Crippen molar-refractivity contribution in [2.24, 2.45) is 0 Å². The lowest BCUT2D eigenvalue weighted by Gasteiger charge is -2.15. The summed E-state index contributed by atoms with van der Waals surface area (Å²) in [6, 6.07) is 6.99. The monoisotopic (exact) mass is 322 g/mol. The Morgan fingerprint density at radius 2 is 2.00 bits per heavy atom. The molecule has 7 heteroatoms. The predicted octanol–water partition coefficient (Wildman–Crippen LogP) is 1.93. The molecule has 0 saturated carbocycles. The third-order valence-corrected chi connectivity index (χ3v) is 4.24. The second-order valence-corrected chi connectivity index (χ2v) is 5.89. The minimum absolute atomic E-state index is 0.160. The Labute approximate surface area is 139 Å². The van der Waals surface area contributed by atoms with Gasteiger partial charge in [-0.3, -0.25) is 9.89 Å². The molecule has 0 amide bonds. The molecule has 0 atom stereocenters. The number of anilines is 1. The zero-order chi connectivity index (χ0) is 16.5. The molecule has 0 radical (unpaired) electrons. The van der Waals surface area contributed by atoms with Gasteiger partial charge in [-0.05, 0) is 31.9 Å². The smallest absolute Gasteiger partial charge is 0.273 e. The first kappa shape index (κ1) is 14.6. The molecular formula is C17H18N6O. The van der Waals surface area contributed by atoms with Crippen LogP contribution in [0.25, 0.3) is 17.1 Å². The van der Waals surface area contributed by atoms with Crippen molar-refractivity contribution in [3.8, 4) is 17.1 Å². The van der Waals surface area contributed by atoms with Crippen LogP contribution >= 0.6 is 0 Å². The van der Waals surface area contributed by atoms with Crippen LogP contribution in [0.4, 0.5) is 5.95 Å². The van der Waals surface area contributed by atoms with E-state index in [4.69, 9.17) is 0 Å². The number of pyridine rings is 1. The number of nitrogens with one attached hydrogen (secondary N) is 1. The summed E-state index contributed by atoms with van der Waals surface area (Å²) < 4.78 is 1.42. The zero-order valence-corrected chi connectivity index (χ0v) is 13.4. The Morgan fingerprint density at radius 1 is 1.17 bits per heavy atom. The van der Waals surface area contributed by atoms with Crippen LogP contribution in [0.2, 0.25) is 0 Å². The topological polar surface area (TPSA) is 79.7 Å². The lowest BCUT2D eigenvalue weighted by molar-refractivity contribution is 0.820. The largest absolute Gasteiger partial charge is 0.341 e. The van der Waals surface area contributed by atoms with Crippen LogP contribution in [0, 0.1) is 6.92 Å². The molecule has 0 unspecified atom stereocenters. The highest BCUT2D eigenvalue weighted by Crippen LogP contribution is 2.22. The van der Waals surface area contributed by atoms with Gasteiger partial charge in [-0.15, -0.1) is 0 Å². The maximum Gasteiger partial charge on any atom is 0.273 e.